The minimum atomic E-state index is -0.315. The number of carbonyl (C=O) groups excluding carboxylic acids is 2. The fourth-order valence-electron chi connectivity index (χ4n) is 1.76. The van der Waals surface area contributed by atoms with Gasteiger partial charge in [0.15, 0.2) is 0 Å². The molecule has 0 bridgehead atoms. The highest BCUT2D eigenvalue weighted by Crippen LogP contribution is 2.16. The number of rotatable bonds is 9. The first-order chi connectivity index (χ1) is 10.2. The quantitative estimate of drug-likeness (QED) is 0.523. The monoisotopic (exact) mass is 294 g/mol. The van der Waals surface area contributed by atoms with Crippen molar-refractivity contribution in [3.8, 4) is 5.75 Å². The largest absolute Gasteiger partial charge is 0.496 e. The number of benzene rings is 1. The number of nitrogens with one attached hydrogen (secondary N) is 2. The van der Waals surface area contributed by atoms with Gasteiger partial charge in [0.05, 0.1) is 7.11 Å². The van der Waals surface area contributed by atoms with Crippen LogP contribution in [0.15, 0.2) is 24.3 Å². The molecular formula is C15H22N2O4. The number of ether oxygens (including phenoxy) is 2. The predicted molar refractivity (Wildman–Crippen MR) is 79.0 cm³/mol. The van der Waals surface area contributed by atoms with Gasteiger partial charge < -0.3 is 20.1 Å². The van der Waals surface area contributed by atoms with Crippen molar-refractivity contribution >= 4 is 11.8 Å². The summed E-state index contributed by atoms with van der Waals surface area (Å²) in [6.45, 7) is 1.42. The number of hydrogen-bond acceptors (Lipinski definition) is 4. The molecule has 6 nitrogen and oxygen atoms in total. The van der Waals surface area contributed by atoms with E-state index in [1.165, 1.54) is 0 Å². The minimum Gasteiger partial charge on any atom is -0.496 e. The summed E-state index contributed by atoms with van der Waals surface area (Å²) in [4.78, 5) is 23.2. The Labute approximate surface area is 124 Å². The third kappa shape index (κ3) is 6.76. The second-order valence-corrected chi connectivity index (χ2v) is 4.46. The van der Waals surface area contributed by atoms with Crippen molar-refractivity contribution in [3.63, 3.8) is 0 Å². The van der Waals surface area contributed by atoms with Crippen molar-refractivity contribution in [1.29, 1.82) is 0 Å². The second-order valence-electron chi connectivity index (χ2n) is 4.46. The maximum atomic E-state index is 11.7. The lowest BCUT2D eigenvalue weighted by molar-refractivity contribution is -0.129. The number of carbonyl (C=O) groups is 2. The minimum absolute atomic E-state index is 0.178. The average Bonchev–Trinajstić information content (AvgIpc) is 2.49. The first kappa shape index (κ1) is 17.0. The van der Waals surface area contributed by atoms with Crippen molar-refractivity contribution in [2.45, 2.75) is 19.4 Å². The summed E-state index contributed by atoms with van der Waals surface area (Å²) < 4.78 is 10.1. The molecule has 0 aromatic heterocycles. The van der Waals surface area contributed by atoms with Gasteiger partial charge in [-0.05, 0) is 12.5 Å². The molecule has 21 heavy (non-hydrogen) atoms. The van der Waals surface area contributed by atoms with E-state index in [4.69, 9.17) is 9.47 Å². The molecule has 1 aromatic rings. The molecule has 0 aliphatic rings. The van der Waals surface area contributed by atoms with Crippen LogP contribution in [0.3, 0.4) is 0 Å². The van der Waals surface area contributed by atoms with Gasteiger partial charge in [-0.3, -0.25) is 9.59 Å². The summed E-state index contributed by atoms with van der Waals surface area (Å²) in [5, 5.41) is 5.37. The third-order valence-corrected chi connectivity index (χ3v) is 2.84. The molecule has 6 heteroatoms. The van der Waals surface area contributed by atoms with Gasteiger partial charge in [-0.2, -0.15) is 0 Å². The van der Waals surface area contributed by atoms with E-state index in [0.29, 0.717) is 25.4 Å². The molecule has 0 saturated carbocycles. The molecular weight excluding hydrogens is 272 g/mol. The van der Waals surface area contributed by atoms with Crippen LogP contribution in [0.5, 0.6) is 5.75 Å². The van der Waals surface area contributed by atoms with Gasteiger partial charge in [0.2, 0.25) is 11.8 Å². The van der Waals surface area contributed by atoms with Gasteiger partial charge in [0.25, 0.3) is 0 Å². The normalized spacial score (nSPS) is 10.0. The van der Waals surface area contributed by atoms with E-state index in [2.05, 4.69) is 10.6 Å². The van der Waals surface area contributed by atoms with E-state index in [9.17, 15) is 9.59 Å². The number of hydrogen-bond donors (Lipinski definition) is 2. The highest BCUT2D eigenvalue weighted by Gasteiger charge is 2.09. The van der Waals surface area contributed by atoms with Crippen LogP contribution in [0, 0.1) is 0 Å². The van der Waals surface area contributed by atoms with Gasteiger partial charge in [-0.15, -0.1) is 0 Å². The summed E-state index contributed by atoms with van der Waals surface area (Å²) >= 11 is 0. The molecule has 0 fully saturated rings. The fourth-order valence-corrected chi connectivity index (χ4v) is 1.76. The maximum Gasteiger partial charge on any atom is 0.229 e. The molecule has 1 rings (SSSR count). The zero-order valence-electron chi connectivity index (χ0n) is 12.5. The Morgan fingerprint density at radius 2 is 1.81 bits per heavy atom. The van der Waals surface area contributed by atoms with Crippen LogP contribution in [0.2, 0.25) is 0 Å². The van der Waals surface area contributed by atoms with Crippen LogP contribution in [-0.2, 0) is 20.9 Å². The molecule has 0 spiro atoms. The third-order valence-electron chi connectivity index (χ3n) is 2.84. The van der Waals surface area contributed by atoms with Gasteiger partial charge >= 0.3 is 0 Å². The molecule has 2 N–H and O–H groups in total. The topological polar surface area (TPSA) is 76.7 Å². The molecule has 0 radical (unpaired) electrons. The lowest BCUT2D eigenvalue weighted by Gasteiger charge is -2.09. The molecule has 2 amide bonds. The summed E-state index contributed by atoms with van der Waals surface area (Å²) in [6.07, 6.45) is 0.549. The van der Waals surface area contributed by atoms with Gasteiger partial charge in [-0.1, -0.05) is 18.2 Å². The summed E-state index contributed by atoms with van der Waals surface area (Å²) in [5.41, 5.74) is 0.869. The molecule has 0 heterocycles. The van der Waals surface area contributed by atoms with Crippen LogP contribution >= 0.6 is 0 Å². The van der Waals surface area contributed by atoms with Crippen molar-refractivity contribution in [3.05, 3.63) is 29.8 Å². The lowest BCUT2D eigenvalue weighted by Crippen LogP contribution is -2.32. The molecule has 116 valence electrons. The van der Waals surface area contributed by atoms with Crippen LogP contribution in [0.1, 0.15) is 18.4 Å². The summed E-state index contributed by atoms with van der Waals surface area (Å²) in [5.74, 6) is 0.107. The van der Waals surface area contributed by atoms with E-state index in [1.54, 1.807) is 14.2 Å². The highest BCUT2D eigenvalue weighted by atomic mass is 16.5. The van der Waals surface area contributed by atoms with Crippen LogP contribution in [0.25, 0.3) is 0 Å². The molecule has 0 saturated heterocycles. The van der Waals surface area contributed by atoms with E-state index < -0.39 is 0 Å². The van der Waals surface area contributed by atoms with E-state index in [1.807, 2.05) is 24.3 Å². The number of para-hydroxylation sites is 1. The molecule has 0 atom stereocenters. The van der Waals surface area contributed by atoms with Gasteiger partial charge in [0, 0.05) is 32.4 Å². The number of amides is 2. The van der Waals surface area contributed by atoms with Crippen LogP contribution in [0.4, 0.5) is 0 Å². The van der Waals surface area contributed by atoms with Crippen molar-refractivity contribution in [1.82, 2.24) is 10.6 Å². The predicted octanol–water partition coefficient (Wildman–Crippen LogP) is 0.854. The zero-order valence-corrected chi connectivity index (χ0v) is 12.5. The second kappa shape index (κ2) is 9.77. The SMILES string of the molecule is COCCCNC(=O)CC(=O)NCc1ccccc1OC. The molecule has 0 aliphatic carbocycles. The van der Waals surface area contributed by atoms with Gasteiger partial charge in [0.1, 0.15) is 12.2 Å². The first-order valence-electron chi connectivity index (χ1n) is 6.81. The Morgan fingerprint density at radius 1 is 1.10 bits per heavy atom. The Morgan fingerprint density at radius 3 is 2.52 bits per heavy atom. The molecule has 0 aliphatic heterocycles. The van der Waals surface area contributed by atoms with E-state index in [0.717, 1.165) is 12.0 Å². The maximum absolute atomic E-state index is 11.7. The van der Waals surface area contributed by atoms with Crippen molar-refractivity contribution < 1.29 is 19.1 Å². The average molecular weight is 294 g/mol. The summed E-state index contributed by atoms with van der Waals surface area (Å²) in [6, 6.07) is 7.41. The summed E-state index contributed by atoms with van der Waals surface area (Å²) in [7, 11) is 3.18. The van der Waals surface area contributed by atoms with Crippen LogP contribution < -0.4 is 15.4 Å². The first-order valence-corrected chi connectivity index (χ1v) is 6.81. The zero-order chi connectivity index (χ0) is 15.5. The number of methoxy groups -OCH3 is 2. The smallest absolute Gasteiger partial charge is 0.229 e. The Hall–Kier alpha value is -2.08. The van der Waals surface area contributed by atoms with E-state index >= 15 is 0 Å². The molecule has 0 unspecified atom stereocenters. The Kier molecular flexibility index (Phi) is 7.89. The lowest BCUT2D eigenvalue weighted by atomic mass is 10.2. The standard InChI is InChI=1S/C15H22N2O4/c1-20-9-5-8-16-14(18)10-15(19)17-11-12-6-3-4-7-13(12)21-2/h3-4,6-7H,5,8-11H2,1-2H3,(H,16,18)(H,17,19). The Balaban J connectivity index is 2.29. The van der Waals surface area contributed by atoms with Crippen molar-refractivity contribution in [2.75, 3.05) is 27.4 Å². The molecule has 1 aromatic carbocycles. The Bertz CT molecular complexity index is 463. The van der Waals surface area contributed by atoms with Crippen LogP contribution in [-0.4, -0.2) is 39.2 Å². The van der Waals surface area contributed by atoms with E-state index in [-0.39, 0.29) is 18.2 Å². The highest BCUT2D eigenvalue weighted by molar-refractivity contribution is 5.96. The van der Waals surface area contributed by atoms with Crippen molar-refractivity contribution in [2.24, 2.45) is 0 Å². The van der Waals surface area contributed by atoms with Gasteiger partial charge in [-0.25, -0.2) is 0 Å². The fraction of sp³-hybridized carbons (Fsp3) is 0.467.